The monoisotopic (exact) mass is 240 g/mol. The highest BCUT2D eigenvalue weighted by Crippen LogP contribution is 2.27. The van der Waals surface area contributed by atoms with Crippen LogP contribution in [0.1, 0.15) is 5.69 Å². The highest BCUT2D eigenvalue weighted by molar-refractivity contribution is 5.86. The first-order valence-electron chi connectivity index (χ1n) is 5.46. The Kier molecular flexibility index (Phi) is 2.47. The van der Waals surface area contributed by atoms with Gasteiger partial charge in [-0.05, 0) is 5.39 Å². The Morgan fingerprint density at radius 1 is 1.06 bits per heavy atom. The summed E-state index contributed by atoms with van der Waals surface area (Å²) >= 11 is 0. The maximum Gasteiger partial charge on any atom is 0.236 e. The fourth-order valence-corrected chi connectivity index (χ4v) is 1.86. The zero-order valence-electron chi connectivity index (χ0n) is 9.32. The first-order chi connectivity index (χ1) is 8.74. The predicted molar refractivity (Wildman–Crippen MR) is 66.8 cm³/mol. The van der Waals surface area contributed by atoms with Gasteiger partial charge in [0.15, 0.2) is 5.69 Å². The van der Waals surface area contributed by atoms with Crippen molar-refractivity contribution in [2.45, 2.75) is 0 Å². The van der Waals surface area contributed by atoms with Crippen LogP contribution in [-0.4, -0.2) is 4.98 Å². The average molecular weight is 240 g/mol. The number of halogens is 2. The summed E-state index contributed by atoms with van der Waals surface area (Å²) in [5.41, 5.74) is 0.633. The third-order valence-corrected chi connectivity index (χ3v) is 2.74. The maximum absolute atomic E-state index is 13.6. The number of rotatable bonds is 1. The maximum atomic E-state index is 13.6. The molecule has 1 aliphatic carbocycles. The van der Waals surface area contributed by atoms with Gasteiger partial charge in [-0.1, -0.05) is 24.3 Å². The molecule has 0 amide bonds. The summed E-state index contributed by atoms with van der Waals surface area (Å²) in [4.78, 5) is 4.17. The van der Waals surface area contributed by atoms with Crippen LogP contribution in [-0.2, 0) is 0 Å². The molecule has 0 unspecified atom stereocenters. The quantitative estimate of drug-likeness (QED) is 0.682. The molecule has 18 heavy (non-hydrogen) atoms. The molecule has 3 rings (SSSR count). The predicted octanol–water partition coefficient (Wildman–Crippen LogP) is 4.14. The number of aromatic nitrogens is 1. The van der Waals surface area contributed by atoms with Gasteiger partial charge in [0.2, 0.25) is 17.2 Å². The molecule has 1 aromatic carbocycles. The molecule has 1 aliphatic rings. The number of hydrogen-bond acceptors (Lipinski definition) is 1. The molecule has 1 aromatic heterocycles. The molecule has 1 nitrogen and oxygen atoms in total. The summed E-state index contributed by atoms with van der Waals surface area (Å²) in [6, 6.07) is 9.42. The third kappa shape index (κ3) is 1.81. The fraction of sp³-hybridized carbons (Fsp3) is 0. The number of allylic oxidation sites excluding steroid dienone is 6. The van der Waals surface area contributed by atoms with E-state index < -0.39 is 11.7 Å². The lowest BCUT2D eigenvalue weighted by molar-refractivity contribution is 0.628. The van der Waals surface area contributed by atoms with Gasteiger partial charge in [-0.25, -0.2) is 4.98 Å². The van der Waals surface area contributed by atoms with Crippen molar-refractivity contribution in [3.05, 3.63) is 72.1 Å². The summed E-state index contributed by atoms with van der Waals surface area (Å²) in [5, 5.41) is 1.93. The van der Waals surface area contributed by atoms with Gasteiger partial charge in [-0.3, -0.25) is 0 Å². The van der Waals surface area contributed by atoms with Crippen LogP contribution in [0.15, 0.2) is 60.3 Å². The van der Waals surface area contributed by atoms with E-state index >= 15 is 0 Å². The normalized spacial score (nSPS) is 14.7. The molecular formula is C15H8F2N+. The standard InChI is InChI=1S/C15H8F2N/c16-12-5-6-13(14(17)8-12)15-7-10-3-1-2-4-11(10)9-18-15/h1-5,7-9H/q+1. The van der Waals surface area contributed by atoms with Gasteiger partial charge in [-0.2, -0.15) is 0 Å². The van der Waals surface area contributed by atoms with Gasteiger partial charge in [0.05, 0.1) is 6.08 Å². The molecule has 0 saturated carbocycles. The van der Waals surface area contributed by atoms with Crippen LogP contribution in [0, 0.1) is 6.08 Å². The summed E-state index contributed by atoms with van der Waals surface area (Å²) in [6.45, 7) is 0. The molecule has 0 atom stereocenters. The molecule has 86 valence electrons. The minimum absolute atomic E-state index is 0.183. The van der Waals surface area contributed by atoms with E-state index in [2.05, 4.69) is 11.1 Å². The first kappa shape index (κ1) is 10.8. The SMILES string of the molecule is FC1=CC(F)=C(c2cc3ccccc3cn2)[C+]=C1. The van der Waals surface area contributed by atoms with E-state index in [0.717, 1.165) is 22.9 Å². The summed E-state index contributed by atoms with van der Waals surface area (Å²) in [6.07, 6.45) is 6.18. The van der Waals surface area contributed by atoms with Crippen molar-refractivity contribution in [1.82, 2.24) is 4.98 Å². The lowest BCUT2D eigenvalue weighted by Crippen LogP contribution is -1.93. The molecular weight excluding hydrogens is 232 g/mol. The Morgan fingerprint density at radius 3 is 2.61 bits per heavy atom. The second kappa shape index (κ2) is 4.13. The second-order valence-electron chi connectivity index (χ2n) is 3.96. The van der Waals surface area contributed by atoms with Gasteiger partial charge < -0.3 is 0 Å². The Bertz CT molecular complexity index is 711. The Balaban J connectivity index is 2.16. The van der Waals surface area contributed by atoms with Crippen molar-refractivity contribution in [3.63, 3.8) is 0 Å². The number of fused-ring (bicyclic) bond motifs is 1. The average Bonchev–Trinajstić information content (AvgIpc) is 2.38. The summed E-state index contributed by atoms with van der Waals surface area (Å²) in [5.74, 6) is -1.30. The minimum atomic E-state index is -0.655. The van der Waals surface area contributed by atoms with Crippen molar-refractivity contribution in [2.75, 3.05) is 0 Å². The van der Waals surface area contributed by atoms with Gasteiger partial charge in [0, 0.05) is 23.7 Å². The van der Waals surface area contributed by atoms with E-state index in [1.807, 2.05) is 24.3 Å². The van der Waals surface area contributed by atoms with Crippen LogP contribution in [0.5, 0.6) is 0 Å². The molecule has 0 N–H and O–H groups in total. The van der Waals surface area contributed by atoms with Crippen LogP contribution in [0.4, 0.5) is 8.78 Å². The van der Waals surface area contributed by atoms with E-state index in [4.69, 9.17) is 0 Å². The first-order valence-corrected chi connectivity index (χ1v) is 5.46. The van der Waals surface area contributed by atoms with Crippen molar-refractivity contribution >= 4 is 16.3 Å². The molecule has 0 saturated heterocycles. The third-order valence-electron chi connectivity index (χ3n) is 2.74. The van der Waals surface area contributed by atoms with E-state index in [1.165, 1.54) is 0 Å². The van der Waals surface area contributed by atoms with Gasteiger partial charge in [0.1, 0.15) is 6.08 Å². The lowest BCUT2D eigenvalue weighted by atomic mass is 10.0. The van der Waals surface area contributed by atoms with Crippen molar-refractivity contribution < 1.29 is 8.78 Å². The highest BCUT2D eigenvalue weighted by atomic mass is 19.1. The van der Waals surface area contributed by atoms with Gasteiger partial charge >= 0.3 is 0 Å². The van der Waals surface area contributed by atoms with Crippen LogP contribution >= 0.6 is 0 Å². The van der Waals surface area contributed by atoms with Gasteiger partial charge in [0.25, 0.3) is 0 Å². The number of hydrogen-bond donors (Lipinski definition) is 0. The second-order valence-corrected chi connectivity index (χ2v) is 3.96. The molecule has 2 aromatic rings. The Morgan fingerprint density at radius 2 is 1.83 bits per heavy atom. The van der Waals surface area contributed by atoms with Crippen molar-refractivity contribution in [1.29, 1.82) is 0 Å². The van der Waals surface area contributed by atoms with Crippen molar-refractivity contribution in [3.8, 4) is 0 Å². The van der Waals surface area contributed by atoms with Crippen LogP contribution in [0.3, 0.4) is 0 Å². The van der Waals surface area contributed by atoms with Gasteiger partial charge in [-0.15, -0.1) is 8.78 Å². The Hall–Kier alpha value is -2.38. The molecule has 1 heterocycles. The summed E-state index contributed by atoms with van der Waals surface area (Å²) in [7, 11) is 0. The minimum Gasteiger partial charge on any atom is -0.205 e. The molecule has 0 radical (unpaired) electrons. The molecule has 0 spiro atoms. The smallest absolute Gasteiger partial charge is 0.205 e. The van der Waals surface area contributed by atoms with E-state index in [9.17, 15) is 8.78 Å². The van der Waals surface area contributed by atoms with Crippen LogP contribution in [0.25, 0.3) is 16.3 Å². The molecule has 0 bridgehead atoms. The van der Waals surface area contributed by atoms with E-state index in [1.54, 1.807) is 12.3 Å². The van der Waals surface area contributed by atoms with Crippen LogP contribution in [0.2, 0.25) is 0 Å². The van der Waals surface area contributed by atoms with E-state index in [0.29, 0.717) is 5.69 Å². The zero-order valence-corrected chi connectivity index (χ0v) is 9.32. The number of pyridine rings is 1. The van der Waals surface area contributed by atoms with E-state index in [-0.39, 0.29) is 5.57 Å². The molecule has 0 aliphatic heterocycles. The molecule has 3 heteroatoms. The van der Waals surface area contributed by atoms with Crippen molar-refractivity contribution in [2.24, 2.45) is 0 Å². The number of benzene rings is 1. The lowest BCUT2D eigenvalue weighted by Gasteiger charge is -1.99. The fourth-order valence-electron chi connectivity index (χ4n) is 1.86. The summed E-state index contributed by atoms with van der Waals surface area (Å²) < 4.78 is 26.4. The highest BCUT2D eigenvalue weighted by Gasteiger charge is 2.21. The zero-order chi connectivity index (χ0) is 12.5. The Labute approximate surface area is 103 Å². The molecule has 0 fully saturated rings. The topological polar surface area (TPSA) is 12.9 Å². The number of nitrogens with zero attached hydrogens (tertiary/aromatic N) is 1. The van der Waals surface area contributed by atoms with Crippen LogP contribution < -0.4 is 0 Å². The largest absolute Gasteiger partial charge is 0.236 e.